The van der Waals surface area contributed by atoms with Gasteiger partial charge in [0.25, 0.3) is 0 Å². The first-order valence-electron chi connectivity index (χ1n) is 16.9. The van der Waals surface area contributed by atoms with Crippen molar-refractivity contribution in [2.45, 2.75) is 6.92 Å². The van der Waals surface area contributed by atoms with E-state index in [9.17, 15) is 0 Å². The molecule has 0 atom stereocenters. The predicted octanol–water partition coefficient (Wildman–Crippen LogP) is 12.4. The van der Waals surface area contributed by atoms with Gasteiger partial charge >= 0.3 is 0 Å². The lowest BCUT2D eigenvalue weighted by molar-refractivity contribution is 0.578. The van der Waals surface area contributed by atoms with Crippen molar-refractivity contribution in [3.8, 4) is 56.2 Å². The Balaban J connectivity index is 1.26. The zero-order chi connectivity index (χ0) is 34.3. The maximum atomic E-state index is 6.71. The van der Waals surface area contributed by atoms with Crippen LogP contribution in [0, 0.1) is 6.92 Å². The molecule has 5 heteroatoms. The Morgan fingerprint density at radius 3 is 2.06 bits per heavy atom. The standard InChI is InChI=1S/C46H31N3O2/c1-3-4-15-34-29(2)50-44-35(34)17-10-18-36(44)37-24-25-39(43-38-16-8-9-19-42(38)51-45(37)43)46-48-40(31-12-6-5-7-13-31)27-41(49-46)32-22-20-30(21-23-32)33-14-11-26-47-28-33/h3-28H,1H2,2H3/b15-4-. The van der Waals surface area contributed by atoms with Crippen LogP contribution in [0.1, 0.15) is 11.3 Å². The summed E-state index contributed by atoms with van der Waals surface area (Å²) in [4.78, 5) is 14.7. The third-order valence-corrected chi connectivity index (χ3v) is 9.37. The number of hydrogen-bond donors (Lipinski definition) is 0. The van der Waals surface area contributed by atoms with E-state index < -0.39 is 0 Å². The van der Waals surface area contributed by atoms with Gasteiger partial charge in [-0.25, -0.2) is 9.97 Å². The number of pyridine rings is 1. The summed E-state index contributed by atoms with van der Waals surface area (Å²) in [6.07, 6.45) is 9.41. The van der Waals surface area contributed by atoms with Crippen molar-refractivity contribution in [2.75, 3.05) is 0 Å². The van der Waals surface area contributed by atoms with E-state index in [1.165, 1.54) is 0 Å². The topological polar surface area (TPSA) is 65.0 Å². The average molecular weight is 658 g/mol. The van der Waals surface area contributed by atoms with E-state index in [1.807, 2.05) is 67.7 Å². The highest BCUT2D eigenvalue weighted by Gasteiger charge is 2.22. The number of furan rings is 2. The quantitative estimate of drug-likeness (QED) is 0.160. The number of aryl methyl sites for hydroxylation is 1. The molecule has 0 aliphatic heterocycles. The maximum absolute atomic E-state index is 6.71. The summed E-state index contributed by atoms with van der Waals surface area (Å²) in [5.41, 5.74) is 12.0. The van der Waals surface area contributed by atoms with Gasteiger partial charge in [-0.05, 0) is 48.4 Å². The number of allylic oxidation sites excluding steroid dienone is 2. The average Bonchev–Trinajstić information content (AvgIpc) is 3.74. The fourth-order valence-corrected chi connectivity index (χ4v) is 6.91. The molecule has 0 saturated heterocycles. The van der Waals surface area contributed by atoms with E-state index in [0.717, 1.165) is 94.6 Å². The molecule has 51 heavy (non-hydrogen) atoms. The molecule has 4 heterocycles. The molecule has 0 N–H and O–H groups in total. The zero-order valence-corrected chi connectivity index (χ0v) is 27.9. The molecular weight excluding hydrogens is 627 g/mol. The van der Waals surface area contributed by atoms with Gasteiger partial charge in [-0.2, -0.15) is 0 Å². The third-order valence-electron chi connectivity index (χ3n) is 9.37. The minimum absolute atomic E-state index is 0.620. The second-order valence-electron chi connectivity index (χ2n) is 12.5. The lowest BCUT2D eigenvalue weighted by Gasteiger charge is -2.12. The number of rotatable bonds is 7. The summed E-state index contributed by atoms with van der Waals surface area (Å²) in [6, 6.07) is 43.4. The number of para-hydroxylation sites is 2. The van der Waals surface area contributed by atoms with Gasteiger partial charge in [-0.15, -0.1) is 0 Å². The molecule has 0 amide bonds. The highest BCUT2D eigenvalue weighted by Crippen LogP contribution is 2.44. The van der Waals surface area contributed by atoms with Crippen molar-refractivity contribution in [2.24, 2.45) is 0 Å². The monoisotopic (exact) mass is 657 g/mol. The fourth-order valence-electron chi connectivity index (χ4n) is 6.91. The van der Waals surface area contributed by atoms with Crippen molar-refractivity contribution in [1.82, 2.24) is 15.0 Å². The molecular formula is C46H31N3O2. The van der Waals surface area contributed by atoms with Crippen LogP contribution in [-0.2, 0) is 0 Å². The highest BCUT2D eigenvalue weighted by atomic mass is 16.3. The van der Waals surface area contributed by atoms with E-state index in [4.69, 9.17) is 18.8 Å². The molecule has 9 aromatic rings. The van der Waals surface area contributed by atoms with Crippen LogP contribution in [0.2, 0.25) is 0 Å². The van der Waals surface area contributed by atoms with Crippen LogP contribution in [0.25, 0.3) is 95.1 Å². The van der Waals surface area contributed by atoms with Crippen LogP contribution < -0.4 is 0 Å². The fraction of sp³-hybridized carbons (Fsp3) is 0.0217. The Morgan fingerprint density at radius 1 is 0.588 bits per heavy atom. The molecule has 0 aliphatic carbocycles. The zero-order valence-electron chi connectivity index (χ0n) is 27.9. The molecule has 0 unspecified atom stereocenters. The number of fused-ring (bicyclic) bond motifs is 4. The van der Waals surface area contributed by atoms with Gasteiger partial charge in [0.05, 0.1) is 11.4 Å². The molecule has 4 aromatic heterocycles. The van der Waals surface area contributed by atoms with Crippen LogP contribution in [0.15, 0.2) is 167 Å². The van der Waals surface area contributed by atoms with Crippen molar-refractivity contribution >= 4 is 39.0 Å². The van der Waals surface area contributed by atoms with E-state index in [2.05, 4.69) is 96.5 Å². The van der Waals surface area contributed by atoms with Gasteiger partial charge < -0.3 is 8.83 Å². The predicted molar refractivity (Wildman–Crippen MR) is 208 cm³/mol. The van der Waals surface area contributed by atoms with Crippen LogP contribution in [0.4, 0.5) is 0 Å². The first kappa shape index (κ1) is 30.2. The van der Waals surface area contributed by atoms with Crippen molar-refractivity contribution in [3.05, 3.63) is 170 Å². The smallest absolute Gasteiger partial charge is 0.161 e. The van der Waals surface area contributed by atoms with E-state index >= 15 is 0 Å². The van der Waals surface area contributed by atoms with E-state index in [-0.39, 0.29) is 0 Å². The molecule has 0 fully saturated rings. The Morgan fingerprint density at radius 2 is 1.27 bits per heavy atom. The summed E-state index contributed by atoms with van der Waals surface area (Å²) in [6.45, 7) is 5.83. The first-order valence-corrected chi connectivity index (χ1v) is 16.9. The number of nitrogens with zero attached hydrogens (tertiary/aromatic N) is 3. The summed E-state index contributed by atoms with van der Waals surface area (Å²) in [5.74, 6) is 1.47. The summed E-state index contributed by atoms with van der Waals surface area (Å²) >= 11 is 0. The lowest BCUT2D eigenvalue weighted by atomic mass is 9.96. The third kappa shape index (κ3) is 5.32. The molecule has 242 valence electrons. The SMILES string of the molecule is C=C/C=C\c1c(C)oc2c(-c3ccc(-c4nc(-c5ccccc5)cc(-c5ccc(-c6cccnc6)cc5)n4)c4c3oc3ccccc34)cccc12. The molecule has 0 radical (unpaired) electrons. The minimum atomic E-state index is 0.620. The van der Waals surface area contributed by atoms with Gasteiger partial charge in [0.15, 0.2) is 5.82 Å². The van der Waals surface area contributed by atoms with Crippen LogP contribution in [0.5, 0.6) is 0 Å². The summed E-state index contributed by atoms with van der Waals surface area (Å²) < 4.78 is 13.1. The van der Waals surface area contributed by atoms with Gasteiger partial charge in [0, 0.05) is 61.9 Å². The Kier molecular flexibility index (Phi) is 7.44. The normalized spacial score (nSPS) is 11.6. The molecule has 5 aromatic carbocycles. The van der Waals surface area contributed by atoms with Gasteiger partial charge in [-0.1, -0.05) is 122 Å². The van der Waals surface area contributed by atoms with Crippen molar-refractivity contribution < 1.29 is 8.83 Å². The van der Waals surface area contributed by atoms with E-state index in [1.54, 1.807) is 12.3 Å². The van der Waals surface area contributed by atoms with Gasteiger partial charge in [0.1, 0.15) is 22.5 Å². The number of aromatic nitrogens is 3. The molecule has 0 aliphatic rings. The number of benzene rings is 5. The van der Waals surface area contributed by atoms with E-state index in [0.29, 0.717) is 5.82 Å². The molecule has 0 spiro atoms. The second kappa shape index (κ2) is 12.6. The van der Waals surface area contributed by atoms with Crippen LogP contribution >= 0.6 is 0 Å². The highest BCUT2D eigenvalue weighted by molar-refractivity contribution is 6.17. The molecule has 0 bridgehead atoms. The van der Waals surface area contributed by atoms with Crippen molar-refractivity contribution in [3.63, 3.8) is 0 Å². The van der Waals surface area contributed by atoms with Crippen LogP contribution in [-0.4, -0.2) is 15.0 Å². The Bertz CT molecular complexity index is 2760. The van der Waals surface area contributed by atoms with Gasteiger partial charge in [-0.3, -0.25) is 4.98 Å². The molecule has 0 saturated carbocycles. The van der Waals surface area contributed by atoms with Crippen molar-refractivity contribution in [1.29, 1.82) is 0 Å². The molecule has 5 nitrogen and oxygen atoms in total. The Labute approximate surface area is 294 Å². The largest absolute Gasteiger partial charge is 0.460 e. The maximum Gasteiger partial charge on any atom is 0.161 e. The van der Waals surface area contributed by atoms with Gasteiger partial charge in [0.2, 0.25) is 0 Å². The minimum Gasteiger partial charge on any atom is -0.460 e. The summed E-state index contributed by atoms with van der Waals surface area (Å²) in [5, 5.41) is 2.99. The lowest BCUT2D eigenvalue weighted by Crippen LogP contribution is -1.97. The second-order valence-corrected chi connectivity index (χ2v) is 12.5. The van der Waals surface area contributed by atoms with Crippen LogP contribution in [0.3, 0.4) is 0 Å². The Hall–Kier alpha value is -6.85. The number of hydrogen-bond acceptors (Lipinski definition) is 5. The molecule has 9 rings (SSSR count). The summed E-state index contributed by atoms with van der Waals surface area (Å²) in [7, 11) is 0. The first-order chi connectivity index (χ1) is 25.2.